The molecule has 0 saturated heterocycles. The Kier molecular flexibility index (Phi) is 4.63. The van der Waals surface area contributed by atoms with Gasteiger partial charge in [0, 0.05) is 5.02 Å². The smallest absolute Gasteiger partial charge is 0.124 e. The van der Waals surface area contributed by atoms with Crippen LogP contribution in [0.4, 0.5) is 4.39 Å². The summed E-state index contributed by atoms with van der Waals surface area (Å²) in [6.45, 7) is 3.04. The number of halogens is 2. The third-order valence-electron chi connectivity index (χ3n) is 4.20. The van der Waals surface area contributed by atoms with Crippen molar-refractivity contribution in [3.63, 3.8) is 0 Å². The molecule has 18 heavy (non-hydrogen) atoms. The molecule has 1 aliphatic rings. The lowest BCUT2D eigenvalue weighted by Gasteiger charge is -2.34. The standard InChI is InChI=1S/C15H21ClFN/c1-10-2-3-12(9-18)13(6-10)7-11-4-5-14(17)8-15(11)16/h4-5,8,10,12-13H,2-3,6-7,9,18H2,1H3. The first kappa shape index (κ1) is 13.8. The van der Waals surface area contributed by atoms with E-state index in [0.29, 0.717) is 16.9 Å². The topological polar surface area (TPSA) is 26.0 Å². The summed E-state index contributed by atoms with van der Waals surface area (Å²) in [7, 11) is 0. The van der Waals surface area contributed by atoms with E-state index in [4.69, 9.17) is 17.3 Å². The van der Waals surface area contributed by atoms with Crippen molar-refractivity contribution in [2.24, 2.45) is 23.5 Å². The van der Waals surface area contributed by atoms with Crippen LogP contribution in [0.3, 0.4) is 0 Å². The summed E-state index contributed by atoms with van der Waals surface area (Å²) in [5, 5.41) is 0.545. The molecule has 3 heteroatoms. The molecular weight excluding hydrogens is 249 g/mol. The van der Waals surface area contributed by atoms with Crippen LogP contribution in [0.15, 0.2) is 18.2 Å². The molecule has 3 unspecified atom stereocenters. The van der Waals surface area contributed by atoms with Crippen LogP contribution in [0.1, 0.15) is 31.7 Å². The van der Waals surface area contributed by atoms with Gasteiger partial charge in [0.2, 0.25) is 0 Å². The maximum Gasteiger partial charge on any atom is 0.124 e. The highest BCUT2D eigenvalue weighted by molar-refractivity contribution is 6.31. The Morgan fingerprint density at radius 1 is 1.33 bits per heavy atom. The zero-order valence-corrected chi connectivity index (χ0v) is 11.6. The van der Waals surface area contributed by atoms with Crippen LogP contribution >= 0.6 is 11.6 Å². The molecule has 0 radical (unpaired) electrons. The van der Waals surface area contributed by atoms with Gasteiger partial charge in [0.25, 0.3) is 0 Å². The molecule has 0 spiro atoms. The van der Waals surface area contributed by atoms with Crippen LogP contribution in [-0.2, 0) is 6.42 Å². The summed E-state index contributed by atoms with van der Waals surface area (Å²) in [6, 6.07) is 4.70. The summed E-state index contributed by atoms with van der Waals surface area (Å²) in [4.78, 5) is 0. The monoisotopic (exact) mass is 269 g/mol. The second kappa shape index (κ2) is 6.03. The lowest BCUT2D eigenvalue weighted by atomic mass is 9.72. The van der Waals surface area contributed by atoms with E-state index < -0.39 is 0 Å². The van der Waals surface area contributed by atoms with Crippen molar-refractivity contribution in [2.75, 3.05) is 6.54 Å². The third kappa shape index (κ3) is 3.24. The first-order valence-corrected chi connectivity index (χ1v) is 7.12. The molecule has 3 atom stereocenters. The number of nitrogens with two attached hydrogens (primary N) is 1. The maximum atomic E-state index is 13.0. The fraction of sp³-hybridized carbons (Fsp3) is 0.600. The van der Waals surface area contributed by atoms with Crippen LogP contribution < -0.4 is 5.73 Å². The predicted octanol–water partition coefficient (Wildman–Crippen LogP) is 4.03. The van der Waals surface area contributed by atoms with Gasteiger partial charge in [0.15, 0.2) is 0 Å². The minimum Gasteiger partial charge on any atom is -0.330 e. The van der Waals surface area contributed by atoms with Gasteiger partial charge >= 0.3 is 0 Å². The Hall–Kier alpha value is -0.600. The first-order valence-electron chi connectivity index (χ1n) is 6.74. The fourth-order valence-corrected chi connectivity index (χ4v) is 3.34. The molecule has 1 aromatic carbocycles. The Morgan fingerprint density at radius 2 is 2.11 bits per heavy atom. The van der Waals surface area contributed by atoms with E-state index in [-0.39, 0.29) is 5.82 Å². The summed E-state index contributed by atoms with van der Waals surface area (Å²) >= 11 is 6.10. The average Bonchev–Trinajstić information content (AvgIpc) is 2.33. The molecule has 1 aliphatic carbocycles. The van der Waals surface area contributed by atoms with Crippen molar-refractivity contribution in [3.05, 3.63) is 34.6 Å². The first-order chi connectivity index (χ1) is 8.60. The molecule has 1 nitrogen and oxygen atoms in total. The molecule has 0 bridgehead atoms. The predicted molar refractivity (Wildman–Crippen MR) is 74.2 cm³/mol. The van der Waals surface area contributed by atoms with Gasteiger partial charge < -0.3 is 5.73 Å². The van der Waals surface area contributed by atoms with Crippen molar-refractivity contribution in [1.82, 2.24) is 0 Å². The van der Waals surface area contributed by atoms with Crippen LogP contribution in [0.2, 0.25) is 5.02 Å². The fourth-order valence-electron chi connectivity index (χ4n) is 3.09. The van der Waals surface area contributed by atoms with Crippen LogP contribution in [0.25, 0.3) is 0 Å². The normalized spacial score (nSPS) is 28.3. The summed E-state index contributed by atoms with van der Waals surface area (Å²) in [6.07, 6.45) is 4.61. The van der Waals surface area contributed by atoms with E-state index in [9.17, 15) is 4.39 Å². The van der Waals surface area contributed by atoms with Gasteiger partial charge in [-0.2, -0.15) is 0 Å². The van der Waals surface area contributed by atoms with Crippen LogP contribution in [0.5, 0.6) is 0 Å². The Bertz CT molecular complexity index is 407. The largest absolute Gasteiger partial charge is 0.330 e. The van der Waals surface area contributed by atoms with Gasteiger partial charge in [-0.3, -0.25) is 0 Å². The highest BCUT2D eigenvalue weighted by Gasteiger charge is 2.28. The van der Waals surface area contributed by atoms with Gasteiger partial charge in [-0.25, -0.2) is 4.39 Å². The van der Waals surface area contributed by atoms with Gasteiger partial charge in [0.1, 0.15) is 5.82 Å². The second-order valence-corrected chi connectivity index (χ2v) is 6.02. The minimum atomic E-state index is -0.267. The maximum absolute atomic E-state index is 13.0. The van der Waals surface area contributed by atoms with Gasteiger partial charge in [-0.1, -0.05) is 31.0 Å². The molecule has 0 aliphatic heterocycles. The van der Waals surface area contributed by atoms with Crippen LogP contribution in [0, 0.1) is 23.6 Å². The quantitative estimate of drug-likeness (QED) is 0.881. The lowest BCUT2D eigenvalue weighted by molar-refractivity contribution is 0.193. The zero-order chi connectivity index (χ0) is 13.1. The van der Waals surface area contributed by atoms with E-state index in [2.05, 4.69) is 6.92 Å². The van der Waals surface area contributed by atoms with Gasteiger partial charge in [-0.15, -0.1) is 0 Å². The lowest BCUT2D eigenvalue weighted by Crippen LogP contribution is -2.31. The molecule has 1 aromatic rings. The van der Waals surface area contributed by atoms with Crippen molar-refractivity contribution in [3.8, 4) is 0 Å². The molecule has 0 aromatic heterocycles. The van der Waals surface area contributed by atoms with Crippen molar-refractivity contribution in [1.29, 1.82) is 0 Å². The van der Waals surface area contributed by atoms with Gasteiger partial charge in [0.05, 0.1) is 0 Å². The molecule has 100 valence electrons. The van der Waals surface area contributed by atoms with E-state index in [1.807, 2.05) is 6.07 Å². The molecule has 0 amide bonds. The van der Waals surface area contributed by atoms with E-state index in [0.717, 1.165) is 24.4 Å². The average molecular weight is 270 g/mol. The molecule has 0 heterocycles. The van der Waals surface area contributed by atoms with Crippen molar-refractivity contribution >= 4 is 11.6 Å². The SMILES string of the molecule is CC1CCC(CN)C(Cc2ccc(F)cc2Cl)C1. The minimum absolute atomic E-state index is 0.267. The second-order valence-electron chi connectivity index (χ2n) is 5.61. The Balaban J connectivity index is 2.10. The van der Waals surface area contributed by atoms with Crippen molar-refractivity contribution in [2.45, 2.75) is 32.6 Å². The summed E-state index contributed by atoms with van der Waals surface area (Å²) in [5.41, 5.74) is 6.91. The Morgan fingerprint density at radius 3 is 2.78 bits per heavy atom. The van der Waals surface area contributed by atoms with E-state index in [1.165, 1.54) is 31.4 Å². The summed E-state index contributed by atoms with van der Waals surface area (Å²) < 4.78 is 13.0. The molecular formula is C15H21ClFN. The van der Waals surface area contributed by atoms with Crippen LogP contribution in [-0.4, -0.2) is 6.54 Å². The number of benzene rings is 1. The van der Waals surface area contributed by atoms with E-state index >= 15 is 0 Å². The molecule has 1 saturated carbocycles. The van der Waals surface area contributed by atoms with Gasteiger partial charge in [-0.05, 0) is 61.3 Å². The number of hydrogen-bond acceptors (Lipinski definition) is 1. The Labute approximate surface area is 114 Å². The molecule has 1 fully saturated rings. The van der Waals surface area contributed by atoms with Crippen molar-refractivity contribution < 1.29 is 4.39 Å². The zero-order valence-electron chi connectivity index (χ0n) is 10.8. The number of hydrogen-bond donors (Lipinski definition) is 1. The molecule has 2 rings (SSSR count). The molecule has 2 N–H and O–H groups in total. The highest BCUT2D eigenvalue weighted by atomic mass is 35.5. The number of rotatable bonds is 3. The third-order valence-corrected chi connectivity index (χ3v) is 4.55. The van der Waals surface area contributed by atoms with E-state index in [1.54, 1.807) is 0 Å². The highest BCUT2D eigenvalue weighted by Crippen LogP contribution is 2.36. The summed E-state index contributed by atoms with van der Waals surface area (Å²) in [5.74, 6) is 1.66.